The maximum atomic E-state index is 11.8. The van der Waals surface area contributed by atoms with Gasteiger partial charge in [-0.15, -0.1) is 0 Å². The van der Waals surface area contributed by atoms with Crippen molar-refractivity contribution in [1.82, 2.24) is 20.8 Å². The highest BCUT2D eigenvalue weighted by molar-refractivity contribution is 5.76. The first kappa shape index (κ1) is 14.7. The maximum absolute atomic E-state index is 11.8. The quantitative estimate of drug-likeness (QED) is 0.686. The number of hydrogen-bond donors (Lipinski definition) is 3. The molecule has 1 fully saturated rings. The van der Waals surface area contributed by atoms with Gasteiger partial charge >= 0.3 is 0 Å². The molecule has 0 spiro atoms. The summed E-state index contributed by atoms with van der Waals surface area (Å²) < 4.78 is 10.1. The predicted octanol–water partition coefficient (Wildman–Crippen LogP) is -0.0413. The Morgan fingerprint density at radius 1 is 1.50 bits per heavy atom. The van der Waals surface area contributed by atoms with Crippen molar-refractivity contribution >= 4 is 5.91 Å². The predicted molar refractivity (Wildman–Crippen MR) is 75.7 cm³/mol. The van der Waals surface area contributed by atoms with Crippen molar-refractivity contribution in [2.45, 2.75) is 18.9 Å². The molecule has 3 rings (SSSR count). The molecule has 118 valence electrons. The lowest BCUT2D eigenvalue weighted by molar-refractivity contribution is -0.121. The van der Waals surface area contributed by atoms with Crippen molar-refractivity contribution in [2.24, 2.45) is 5.92 Å². The summed E-state index contributed by atoms with van der Waals surface area (Å²) in [5, 5.41) is 19.4. The number of aromatic nitrogens is 2. The van der Waals surface area contributed by atoms with Gasteiger partial charge in [0.2, 0.25) is 17.6 Å². The van der Waals surface area contributed by atoms with Crippen LogP contribution in [0, 0.1) is 5.92 Å². The van der Waals surface area contributed by atoms with Crippen molar-refractivity contribution < 1.29 is 18.8 Å². The second-order valence-electron chi connectivity index (χ2n) is 5.31. The van der Waals surface area contributed by atoms with E-state index in [1.165, 1.54) is 12.5 Å². The highest BCUT2D eigenvalue weighted by atomic mass is 16.5. The third-order valence-corrected chi connectivity index (χ3v) is 3.68. The van der Waals surface area contributed by atoms with Crippen LogP contribution in [0.2, 0.25) is 0 Å². The fraction of sp³-hybridized carbons (Fsp3) is 0.500. The molecule has 3 heterocycles. The first-order valence-corrected chi connectivity index (χ1v) is 7.23. The number of carbonyl (C=O) groups excluding carboxylic acids is 1. The molecule has 1 aliphatic heterocycles. The van der Waals surface area contributed by atoms with Crippen LogP contribution in [0.3, 0.4) is 0 Å². The third-order valence-electron chi connectivity index (χ3n) is 3.68. The highest BCUT2D eigenvalue weighted by Crippen LogP contribution is 2.16. The normalized spacial score (nSPS) is 21.1. The molecule has 0 radical (unpaired) electrons. The van der Waals surface area contributed by atoms with Crippen molar-refractivity contribution in [3.8, 4) is 11.4 Å². The minimum atomic E-state index is -0.395. The average Bonchev–Trinajstić information content (AvgIpc) is 3.24. The Hall–Kier alpha value is -2.19. The summed E-state index contributed by atoms with van der Waals surface area (Å²) in [6.45, 7) is 1.77. The number of aryl methyl sites for hydroxylation is 1. The minimum Gasteiger partial charge on any atom is -0.472 e. The van der Waals surface area contributed by atoms with E-state index in [1.54, 1.807) is 6.07 Å². The van der Waals surface area contributed by atoms with Crippen LogP contribution in [0.25, 0.3) is 11.4 Å². The fourth-order valence-corrected chi connectivity index (χ4v) is 2.35. The standard InChI is InChI=1S/C14H18N4O4/c19-11-7-15-5-10(11)6-16-12(20)1-2-13-17-14(18-22-13)9-3-4-21-8-9/h3-4,8,10-11,15,19H,1-2,5-7H2,(H,16,20). The van der Waals surface area contributed by atoms with Gasteiger partial charge in [0.25, 0.3) is 0 Å². The Bertz CT molecular complexity index is 610. The lowest BCUT2D eigenvalue weighted by atomic mass is 10.1. The SMILES string of the molecule is O=C(CCc1nc(-c2ccoc2)no1)NCC1CNCC1O. The summed E-state index contributed by atoms with van der Waals surface area (Å²) in [6, 6.07) is 1.74. The van der Waals surface area contributed by atoms with Crippen molar-refractivity contribution in [1.29, 1.82) is 0 Å². The smallest absolute Gasteiger partial charge is 0.227 e. The number of aliphatic hydroxyl groups excluding tert-OH is 1. The number of carbonyl (C=O) groups is 1. The molecule has 3 N–H and O–H groups in total. The topological polar surface area (TPSA) is 113 Å². The van der Waals surface area contributed by atoms with Gasteiger partial charge in [-0.2, -0.15) is 4.98 Å². The molecule has 0 aliphatic carbocycles. The van der Waals surface area contributed by atoms with E-state index < -0.39 is 6.10 Å². The van der Waals surface area contributed by atoms with E-state index in [4.69, 9.17) is 8.94 Å². The number of rotatable bonds is 6. The first-order chi connectivity index (χ1) is 10.7. The number of hydrogen-bond acceptors (Lipinski definition) is 7. The molecule has 8 nitrogen and oxygen atoms in total. The van der Waals surface area contributed by atoms with Crippen molar-refractivity contribution in [3.63, 3.8) is 0 Å². The number of β-amino-alcohol motifs (C(OH)–C–C–N with tert-alkyl or cyclic N) is 1. The van der Waals surface area contributed by atoms with Crippen LogP contribution in [-0.2, 0) is 11.2 Å². The zero-order valence-corrected chi connectivity index (χ0v) is 12.0. The van der Waals surface area contributed by atoms with Gasteiger partial charge in [0, 0.05) is 38.4 Å². The summed E-state index contributed by atoms with van der Waals surface area (Å²) in [4.78, 5) is 16.0. The van der Waals surface area contributed by atoms with Gasteiger partial charge in [-0.3, -0.25) is 4.79 Å². The molecule has 8 heteroatoms. The minimum absolute atomic E-state index is 0.0695. The van der Waals surface area contributed by atoms with E-state index in [2.05, 4.69) is 20.8 Å². The molecule has 1 aliphatic rings. The zero-order chi connectivity index (χ0) is 15.4. The Balaban J connectivity index is 1.43. The van der Waals surface area contributed by atoms with Crippen LogP contribution in [0.5, 0.6) is 0 Å². The molecule has 1 amide bonds. The van der Waals surface area contributed by atoms with Gasteiger partial charge in [0.05, 0.1) is 17.9 Å². The van der Waals surface area contributed by atoms with Gasteiger partial charge in [-0.25, -0.2) is 0 Å². The zero-order valence-electron chi connectivity index (χ0n) is 12.0. The number of aliphatic hydroxyl groups is 1. The van der Waals surface area contributed by atoms with Crippen LogP contribution in [-0.4, -0.2) is 46.9 Å². The van der Waals surface area contributed by atoms with E-state index in [-0.39, 0.29) is 18.2 Å². The molecule has 1 saturated heterocycles. The van der Waals surface area contributed by atoms with E-state index in [9.17, 15) is 9.90 Å². The second-order valence-corrected chi connectivity index (χ2v) is 5.31. The molecule has 0 aromatic carbocycles. The van der Waals surface area contributed by atoms with Crippen molar-refractivity contribution in [2.75, 3.05) is 19.6 Å². The summed E-state index contributed by atoms with van der Waals surface area (Å²) in [7, 11) is 0. The van der Waals surface area contributed by atoms with E-state index in [0.717, 1.165) is 12.1 Å². The average molecular weight is 306 g/mol. The number of amides is 1. The first-order valence-electron chi connectivity index (χ1n) is 7.23. The summed E-state index contributed by atoms with van der Waals surface area (Å²) in [5.41, 5.74) is 0.738. The van der Waals surface area contributed by atoms with Gasteiger partial charge < -0.3 is 24.7 Å². The summed E-state index contributed by atoms with van der Waals surface area (Å²) in [5.74, 6) is 0.834. The molecule has 0 bridgehead atoms. The van der Waals surface area contributed by atoms with E-state index >= 15 is 0 Å². The lowest BCUT2D eigenvalue weighted by Crippen LogP contribution is -2.34. The van der Waals surface area contributed by atoms with Crippen LogP contribution in [0.15, 0.2) is 27.5 Å². The fourth-order valence-electron chi connectivity index (χ4n) is 2.35. The molecule has 2 aromatic rings. The molecule has 2 unspecified atom stereocenters. The Kier molecular flexibility index (Phi) is 4.50. The summed E-state index contributed by atoms with van der Waals surface area (Å²) in [6.07, 6.45) is 3.31. The summed E-state index contributed by atoms with van der Waals surface area (Å²) >= 11 is 0. The van der Waals surface area contributed by atoms with Crippen LogP contribution in [0.4, 0.5) is 0 Å². The van der Waals surface area contributed by atoms with Gasteiger partial charge in [0.15, 0.2) is 0 Å². The van der Waals surface area contributed by atoms with Crippen molar-refractivity contribution in [3.05, 3.63) is 24.5 Å². The maximum Gasteiger partial charge on any atom is 0.227 e. The van der Waals surface area contributed by atoms with Crippen LogP contribution >= 0.6 is 0 Å². The Morgan fingerprint density at radius 3 is 3.14 bits per heavy atom. The number of nitrogens with zero attached hydrogens (tertiary/aromatic N) is 2. The van der Waals surface area contributed by atoms with Gasteiger partial charge in [0.1, 0.15) is 6.26 Å². The van der Waals surface area contributed by atoms with Crippen LogP contribution in [0.1, 0.15) is 12.3 Å². The molecular weight excluding hydrogens is 288 g/mol. The lowest BCUT2D eigenvalue weighted by Gasteiger charge is -2.13. The largest absolute Gasteiger partial charge is 0.472 e. The van der Waals surface area contributed by atoms with E-state index in [0.29, 0.717) is 31.2 Å². The molecular formula is C14H18N4O4. The molecule has 2 atom stereocenters. The van der Waals surface area contributed by atoms with E-state index in [1.807, 2.05) is 0 Å². The van der Waals surface area contributed by atoms with Crippen LogP contribution < -0.4 is 10.6 Å². The Labute approximate surface area is 126 Å². The molecule has 22 heavy (non-hydrogen) atoms. The van der Waals surface area contributed by atoms with Gasteiger partial charge in [-0.1, -0.05) is 5.16 Å². The Morgan fingerprint density at radius 2 is 2.41 bits per heavy atom. The number of furan rings is 1. The number of nitrogens with one attached hydrogen (secondary N) is 2. The van der Waals surface area contributed by atoms with Gasteiger partial charge in [-0.05, 0) is 6.07 Å². The highest BCUT2D eigenvalue weighted by Gasteiger charge is 2.25. The monoisotopic (exact) mass is 306 g/mol. The molecule has 2 aromatic heterocycles. The third kappa shape index (κ3) is 3.52. The molecule has 0 saturated carbocycles. The second kappa shape index (κ2) is 6.71.